The molecule has 1 aromatic heterocycles. The predicted octanol–water partition coefficient (Wildman–Crippen LogP) is 3.34. The number of carbonyl (C=O) groups excluding carboxylic acids is 1. The lowest BCUT2D eigenvalue weighted by Gasteiger charge is -2.15. The molecule has 0 saturated heterocycles. The first-order valence-electron chi connectivity index (χ1n) is 5.96. The minimum absolute atomic E-state index is 0.267. The molecule has 0 fully saturated rings. The number of hydrogen-bond donors (Lipinski definition) is 0. The van der Waals surface area contributed by atoms with Crippen LogP contribution in [0.25, 0.3) is 10.9 Å². The number of rotatable bonds is 2. The molecule has 0 unspecified atom stereocenters. The zero-order valence-electron chi connectivity index (χ0n) is 10.9. The van der Waals surface area contributed by atoms with E-state index in [4.69, 9.17) is 0 Å². The molecule has 1 heterocycles. The molecule has 0 aliphatic rings. The Hall–Kier alpha value is -1.57. The first-order chi connectivity index (χ1) is 7.89. The van der Waals surface area contributed by atoms with Gasteiger partial charge in [-0.2, -0.15) is 0 Å². The lowest BCUT2D eigenvalue weighted by molar-refractivity contribution is -0.125. The average Bonchev–Trinajstić information content (AvgIpc) is 2.56. The highest BCUT2D eigenvalue weighted by Gasteiger charge is 2.22. The number of aryl methyl sites for hydroxylation is 1. The summed E-state index contributed by atoms with van der Waals surface area (Å²) in [6, 6.07) is 8.21. The summed E-state index contributed by atoms with van der Waals surface area (Å²) in [6.45, 7) is 5.92. The standard InChI is InChI=1S/C15H19NO/c1-15(2,3)14(17)9-11-10-16(4)13-8-6-5-7-12(11)13/h5-8,10H,9H2,1-4H3. The van der Waals surface area contributed by atoms with E-state index in [1.165, 1.54) is 10.9 Å². The Kier molecular flexibility index (Phi) is 2.82. The summed E-state index contributed by atoms with van der Waals surface area (Å²) in [6.07, 6.45) is 2.58. The molecule has 0 spiro atoms. The minimum Gasteiger partial charge on any atom is -0.350 e. The van der Waals surface area contributed by atoms with Crippen molar-refractivity contribution >= 4 is 16.7 Å². The van der Waals surface area contributed by atoms with Crippen LogP contribution in [0.4, 0.5) is 0 Å². The third-order valence-corrected chi connectivity index (χ3v) is 3.17. The fourth-order valence-corrected chi connectivity index (χ4v) is 2.00. The van der Waals surface area contributed by atoms with E-state index in [9.17, 15) is 4.79 Å². The predicted molar refractivity (Wildman–Crippen MR) is 71.1 cm³/mol. The van der Waals surface area contributed by atoms with Crippen molar-refractivity contribution in [1.29, 1.82) is 0 Å². The number of ketones is 1. The number of aromatic nitrogens is 1. The maximum absolute atomic E-state index is 12.1. The summed E-state index contributed by atoms with van der Waals surface area (Å²) in [5.41, 5.74) is 2.05. The smallest absolute Gasteiger partial charge is 0.142 e. The van der Waals surface area contributed by atoms with E-state index >= 15 is 0 Å². The van der Waals surface area contributed by atoms with E-state index in [0.29, 0.717) is 6.42 Å². The molecule has 0 amide bonds. The van der Waals surface area contributed by atoms with Gasteiger partial charge < -0.3 is 4.57 Å². The SMILES string of the molecule is Cn1cc(CC(=O)C(C)(C)C)c2ccccc21. The number of carbonyl (C=O) groups is 1. The minimum atomic E-state index is -0.267. The third kappa shape index (κ3) is 2.26. The largest absolute Gasteiger partial charge is 0.350 e. The van der Waals surface area contributed by atoms with Crippen molar-refractivity contribution in [3.05, 3.63) is 36.0 Å². The van der Waals surface area contributed by atoms with E-state index in [0.717, 1.165) is 5.56 Å². The number of benzene rings is 1. The summed E-state index contributed by atoms with van der Waals surface area (Å²) >= 11 is 0. The molecule has 0 saturated carbocycles. The quantitative estimate of drug-likeness (QED) is 0.774. The van der Waals surface area contributed by atoms with Gasteiger partial charge in [0, 0.05) is 36.0 Å². The van der Waals surface area contributed by atoms with Crippen LogP contribution in [0, 0.1) is 5.41 Å². The van der Waals surface area contributed by atoms with Gasteiger partial charge in [-0.15, -0.1) is 0 Å². The molecule has 2 rings (SSSR count). The summed E-state index contributed by atoms with van der Waals surface area (Å²) in [7, 11) is 2.02. The van der Waals surface area contributed by atoms with Crippen molar-refractivity contribution in [2.45, 2.75) is 27.2 Å². The van der Waals surface area contributed by atoms with Crippen LogP contribution in [0.5, 0.6) is 0 Å². The number of nitrogens with zero attached hydrogens (tertiary/aromatic N) is 1. The fourth-order valence-electron chi connectivity index (χ4n) is 2.00. The molecule has 0 atom stereocenters. The van der Waals surface area contributed by atoms with E-state index in [1.54, 1.807) is 0 Å². The number of fused-ring (bicyclic) bond motifs is 1. The van der Waals surface area contributed by atoms with Crippen molar-refractivity contribution in [2.75, 3.05) is 0 Å². The molecule has 0 N–H and O–H groups in total. The van der Waals surface area contributed by atoms with Crippen molar-refractivity contribution in [3.63, 3.8) is 0 Å². The van der Waals surface area contributed by atoms with Gasteiger partial charge in [0.1, 0.15) is 5.78 Å². The summed E-state index contributed by atoms with van der Waals surface area (Å²) in [5.74, 6) is 0.286. The molecule has 90 valence electrons. The topological polar surface area (TPSA) is 22.0 Å². The van der Waals surface area contributed by atoms with E-state index in [2.05, 4.69) is 22.9 Å². The Balaban J connectivity index is 2.41. The van der Waals surface area contributed by atoms with Crippen molar-refractivity contribution < 1.29 is 4.79 Å². The highest BCUT2D eigenvalue weighted by molar-refractivity contribution is 5.92. The molecule has 0 bridgehead atoms. The van der Waals surface area contributed by atoms with E-state index in [1.807, 2.05) is 40.0 Å². The van der Waals surface area contributed by atoms with Crippen LogP contribution in [0.3, 0.4) is 0 Å². The van der Waals surface area contributed by atoms with Crippen molar-refractivity contribution in [3.8, 4) is 0 Å². The number of Topliss-reactive ketones (excluding diaryl/α,β-unsaturated/α-hetero) is 1. The van der Waals surface area contributed by atoms with Crippen LogP contribution >= 0.6 is 0 Å². The second-order valence-electron chi connectivity index (χ2n) is 5.63. The van der Waals surface area contributed by atoms with Crippen LogP contribution in [0.15, 0.2) is 30.5 Å². The lowest BCUT2D eigenvalue weighted by atomic mass is 9.87. The molecule has 17 heavy (non-hydrogen) atoms. The van der Waals surface area contributed by atoms with Gasteiger partial charge in [-0.25, -0.2) is 0 Å². The number of hydrogen-bond acceptors (Lipinski definition) is 1. The average molecular weight is 229 g/mol. The van der Waals surface area contributed by atoms with Crippen LogP contribution in [0.2, 0.25) is 0 Å². The molecular formula is C15H19NO. The Bertz CT molecular complexity index is 558. The molecule has 0 aliphatic heterocycles. The van der Waals surface area contributed by atoms with Gasteiger partial charge in [0.2, 0.25) is 0 Å². The normalized spacial score (nSPS) is 12.0. The van der Waals surface area contributed by atoms with Gasteiger partial charge in [0.15, 0.2) is 0 Å². The second kappa shape index (κ2) is 4.02. The van der Waals surface area contributed by atoms with Crippen LogP contribution < -0.4 is 0 Å². The number of para-hydroxylation sites is 1. The van der Waals surface area contributed by atoms with E-state index < -0.39 is 0 Å². The van der Waals surface area contributed by atoms with Gasteiger partial charge in [-0.1, -0.05) is 39.0 Å². The molecule has 2 aromatic rings. The second-order valence-corrected chi connectivity index (χ2v) is 5.63. The maximum Gasteiger partial charge on any atom is 0.142 e. The lowest BCUT2D eigenvalue weighted by Crippen LogP contribution is -2.21. The molecule has 0 radical (unpaired) electrons. The highest BCUT2D eigenvalue weighted by atomic mass is 16.1. The van der Waals surface area contributed by atoms with Gasteiger partial charge in [-0.05, 0) is 11.6 Å². The first-order valence-corrected chi connectivity index (χ1v) is 5.96. The Morgan fingerprint density at radius 2 is 1.88 bits per heavy atom. The third-order valence-electron chi connectivity index (χ3n) is 3.17. The van der Waals surface area contributed by atoms with Crippen molar-refractivity contribution in [1.82, 2.24) is 4.57 Å². The Morgan fingerprint density at radius 3 is 2.53 bits per heavy atom. The maximum atomic E-state index is 12.1. The van der Waals surface area contributed by atoms with Crippen LogP contribution in [-0.2, 0) is 18.3 Å². The Morgan fingerprint density at radius 1 is 1.24 bits per heavy atom. The van der Waals surface area contributed by atoms with Gasteiger partial charge >= 0.3 is 0 Å². The van der Waals surface area contributed by atoms with Crippen LogP contribution in [-0.4, -0.2) is 10.4 Å². The zero-order valence-corrected chi connectivity index (χ0v) is 10.9. The fraction of sp³-hybridized carbons (Fsp3) is 0.400. The molecular weight excluding hydrogens is 210 g/mol. The molecule has 1 aromatic carbocycles. The zero-order chi connectivity index (χ0) is 12.6. The highest BCUT2D eigenvalue weighted by Crippen LogP contribution is 2.24. The Labute approximate surface area is 102 Å². The van der Waals surface area contributed by atoms with Crippen LogP contribution in [0.1, 0.15) is 26.3 Å². The van der Waals surface area contributed by atoms with Crippen molar-refractivity contribution in [2.24, 2.45) is 12.5 Å². The first kappa shape index (κ1) is 11.9. The monoisotopic (exact) mass is 229 g/mol. The molecule has 2 heteroatoms. The summed E-state index contributed by atoms with van der Waals surface area (Å²) in [5, 5.41) is 1.19. The summed E-state index contributed by atoms with van der Waals surface area (Å²) < 4.78 is 2.08. The van der Waals surface area contributed by atoms with Gasteiger partial charge in [0.25, 0.3) is 0 Å². The van der Waals surface area contributed by atoms with Gasteiger partial charge in [0.05, 0.1) is 0 Å². The molecule has 2 nitrogen and oxygen atoms in total. The van der Waals surface area contributed by atoms with E-state index in [-0.39, 0.29) is 11.2 Å². The summed E-state index contributed by atoms with van der Waals surface area (Å²) in [4.78, 5) is 12.1. The van der Waals surface area contributed by atoms with Gasteiger partial charge in [-0.3, -0.25) is 4.79 Å². The molecule has 0 aliphatic carbocycles.